The average Bonchev–Trinajstić information content (AvgIpc) is 2.77. The number of carboxylic acid groups (broad SMARTS) is 1. The van der Waals surface area contributed by atoms with E-state index in [0.717, 1.165) is 42.2 Å². The molecule has 6 nitrogen and oxygen atoms in total. The van der Waals surface area contributed by atoms with Crippen LogP contribution in [0.3, 0.4) is 0 Å². The zero-order chi connectivity index (χ0) is 23.1. The fourth-order valence-corrected chi connectivity index (χ4v) is 4.01. The summed E-state index contributed by atoms with van der Waals surface area (Å²) in [4.78, 5) is 24.5. The number of aryl methyl sites for hydroxylation is 1. The highest BCUT2D eigenvalue weighted by molar-refractivity contribution is 5.85. The van der Waals surface area contributed by atoms with Crippen LogP contribution in [-0.4, -0.2) is 22.2 Å². The quantitative estimate of drug-likeness (QED) is 0.297. The number of carboxylic acids is 1. The summed E-state index contributed by atoms with van der Waals surface area (Å²) >= 11 is 0. The van der Waals surface area contributed by atoms with Crippen LogP contribution in [0.25, 0.3) is 11.0 Å². The van der Waals surface area contributed by atoms with Crippen molar-refractivity contribution >= 4 is 16.9 Å². The van der Waals surface area contributed by atoms with E-state index in [1.54, 1.807) is 12.1 Å². The Bertz CT molecular complexity index is 1120. The molecule has 1 atom stereocenters. The number of aliphatic carboxylic acids is 1. The standard InChI is InChI=1S/C26H31NO5/c1-3-4-5-9-12-20-17(2)19-13-14-23(28)21(24(19)32-26(20)31)16-27-22(25(29)30)15-18-10-7-6-8-11-18/h6-8,10-11,13-14,22,27-28H,3-5,9,12,15-16H2,1-2H3,(H,29,30). The lowest BCUT2D eigenvalue weighted by atomic mass is 9.98. The molecule has 0 saturated carbocycles. The van der Waals surface area contributed by atoms with Gasteiger partial charge in [0.05, 0.1) is 5.56 Å². The molecule has 32 heavy (non-hydrogen) atoms. The second-order valence-electron chi connectivity index (χ2n) is 8.21. The summed E-state index contributed by atoms with van der Waals surface area (Å²) < 4.78 is 5.65. The van der Waals surface area contributed by atoms with Crippen LogP contribution >= 0.6 is 0 Å². The maximum absolute atomic E-state index is 12.7. The Morgan fingerprint density at radius 3 is 2.50 bits per heavy atom. The maximum atomic E-state index is 12.7. The molecule has 3 N–H and O–H groups in total. The number of phenolic OH excluding ortho intramolecular Hbond substituents is 1. The smallest absolute Gasteiger partial charge is 0.339 e. The Labute approximate surface area is 187 Å². The SMILES string of the molecule is CCCCCCc1c(C)c2ccc(O)c(CNC(Cc3ccccc3)C(=O)O)c2oc1=O. The van der Waals surface area contributed by atoms with Crippen molar-refractivity contribution in [3.05, 3.63) is 75.1 Å². The first-order valence-corrected chi connectivity index (χ1v) is 11.2. The van der Waals surface area contributed by atoms with Gasteiger partial charge >= 0.3 is 11.6 Å². The topological polar surface area (TPSA) is 99.8 Å². The van der Waals surface area contributed by atoms with Crippen molar-refractivity contribution in [1.82, 2.24) is 5.32 Å². The number of phenols is 1. The van der Waals surface area contributed by atoms with Gasteiger partial charge in [-0.3, -0.25) is 10.1 Å². The Hall–Kier alpha value is -3.12. The molecule has 6 heteroatoms. The van der Waals surface area contributed by atoms with Crippen LogP contribution in [-0.2, 0) is 24.2 Å². The molecule has 3 aromatic rings. The lowest BCUT2D eigenvalue weighted by molar-refractivity contribution is -0.139. The summed E-state index contributed by atoms with van der Waals surface area (Å²) in [5.74, 6) is -1.02. The first-order valence-electron chi connectivity index (χ1n) is 11.2. The Morgan fingerprint density at radius 1 is 1.06 bits per heavy atom. The van der Waals surface area contributed by atoms with Crippen molar-refractivity contribution in [1.29, 1.82) is 0 Å². The first-order chi connectivity index (χ1) is 15.4. The van der Waals surface area contributed by atoms with Crippen molar-refractivity contribution in [2.75, 3.05) is 0 Å². The van der Waals surface area contributed by atoms with E-state index in [1.807, 2.05) is 37.3 Å². The van der Waals surface area contributed by atoms with Gasteiger partial charge in [0.15, 0.2) is 0 Å². The number of carbonyl (C=O) groups is 1. The second-order valence-corrected chi connectivity index (χ2v) is 8.21. The van der Waals surface area contributed by atoms with Crippen molar-refractivity contribution < 1.29 is 19.4 Å². The van der Waals surface area contributed by atoms with Crippen molar-refractivity contribution in [3.63, 3.8) is 0 Å². The van der Waals surface area contributed by atoms with Gasteiger partial charge < -0.3 is 14.6 Å². The third-order valence-electron chi connectivity index (χ3n) is 5.92. The number of benzene rings is 2. The molecular weight excluding hydrogens is 406 g/mol. The predicted octanol–water partition coefficient (Wildman–Crippen LogP) is 4.72. The summed E-state index contributed by atoms with van der Waals surface area (Å²) in [5.41, 5.74) is 2.72. The van der Waals surface area contributed by atoms with Gasteiger partial charge in [-0.2, -0.15) is 0 Å². The largest absolute Gasteiger partial charge is 0.507 e. The van der Waals surface area contributed by atoms with E-state index in [1.165, 1.54) is 0 Å². The molecule has 0 aliphatic heterocycles. The van der Waals surface area contributed by atoms with Gasteiger partial charge in [0.1, 0.15) is 17.4 Å². The second kappa shape index (κ2) is 11.0. The third kappa shape index (κ3) is 5.56. The number of nitrogens with one attached hydrogen (secondary N) is 1. The third-order valence-corrected chi connectivity index (χ3v) is 5.92. The molecule has 170 valence electrons. The highest BCUT2D eigenvalue weighted by Crippen LogP contribution is 2.30. The van der Waals surface area contributed by atoms with Gasteiger partial charge in [0, 0.05) is 17.5 Å². The van der Waals surface area contributed by atoms with Crippen LogP contribution in [0.15, 0.2) is 51.7 Å². The highest BCUT2D eigenvalue weighted by atomic mass is 16.4. The van der Waals surface area contributed by atoms with Crippen LogP contribution in [0, 0.1) is 6.92 Å². The molecule has 0 amide bonds. The zero-order valence-corrected chi connectivity index (χ0v) is 18.7. The number of unbranched alkanes of at least 4 members (excludes halogenated alkanes) is 3. The minimum atomic E-state index is -0.986. The Balaban J connectivity index is 1.86. The molecule has 0 aliphatic rings. The summed E-state index contributed by atoms with van der Waals surface area (Å²) in [7, 11) is 0. The molecule has 1 unspecified atom stereocenters. The number of fused-ring (bicyclic) bond motifs is 1. The summed E-state index contributed by atoms with van der Waals surface area (Å²) in [6.45, 7) is 4.11. The maximum Gasteiger partial charge on any atom is 0.339 e. The normalized spacial score (nSPS) is 12.2. The van der Waals surface area contributed by atoms with Gasteiger partial charge in [0.2, 0.25) is 0 Å². The van der Waals surface area contributed by atoms with E-state index in [4.69, 9.17) is 4.42 Å². The fraction of sp³-hybridized carbons (Fsp3) is 0.385. The lowest BCUT2D eigenvalue weighted by Crippen LogP contribution is -2.38. The minimum Gasteiger partial charge on any atom is -0.507 e. The number of rotatable bonds is 11. The van der Waals surface area contributed by atoms with Crippen LogP contribution in [0.1, 0.15) is 54.9 Å². The lowest BCUT2D eigenvalue weighted by Gasteiger charge is -2.17. The van der Waals surface area contributed by atoms with E-state index >= 15 is 0 Å². The number of hydrogen-bond acceptors (Lipinski definition) is 5. The van der Waals surface area contributed by atoms with Crippen LogP contribution in [0.2, 0.25) is 0 Å². The predicted molar refractivity (Wildman–Crippen MR) is 125 cm³/mol. The summed E-state index contributed by atoms with van der Waals surface area (Å²) in [5, 5.41) is 23.9. The Kier molecular flexibility index (Phi) is 8.06. The van der Waals surface area contributed by atoms with E-state index in [-0.39, 0.29) is 12.3 Å². The molecule has 0 aliphatic carbocycles. The molecule has 1 heterocycles. The van der Waals surface area contributed by atoms with Crippen molar-refractivity contribution in [3.8, 4) is 5.75 Å². The highest BCUT2D eigenvalue weighted by Gasteiger charge is 2.21. The van der Waals surface area contributed by atoms with Crippen molar-refractivity contribution in [2.24, 2.45) is 0 Å². The molecule has 2 aromatic carbocycles. The summed E-state index contributed by atoms with van der Waals surface area (Å²) in [6, 6.07) is 11.8. The zero-order valence-electron chi connectivity index (χ0n) is 18.7. The van der Waals surface area contributed by atoms with Gasteiger partial charge in [-0.25, -0.2) is 4.79 Å². The van der Waals surface area contributed by atoms with Crippen molar-refractivity contribution in [2.45, 2.75) is 65.0 Å². The molecule has 1 aromatic heterocycles. The van der Waals surface area contributed by atoms with Crippen LogP contribution in [0.4, 0.5) is 0 Å². The molecule has 3 rings (SSSR count). The number of hydrogen-bond donors (Lipinski definition) is 3. The molecule has 0 bridgehead atoms. The van der Waals surface area contributed by atoms with Gasteiger partial charge in [-0.05, 0) is 49.4 Å². The van der Waals surface area contributed by atoms with Gasteiger partial charge in [0.25, 0.3) is 0 Å². The Morgan fingerprint density at radius 2 is 1.81 bits per heavy atom. The van der Waals surface area contributed by atoms with E-state index in [2.05, 4.69) is 12.2 Å². The van der Waals surface area contributed by atoms with Gasteiger partial charge in [-0.1, -0.05) is 56.5 Å². The fourth-order valence-electron chi connectivity index (χ4n) is 4.01. The molecule has 0 radical (unpaired) electrons. The summed E-state index contributed by atoms with van der Waals surface area (Å²) in [6.07, 6.45) is 5.22. The average molecular weight is 438 g/mol. The molecular formula is C26H31NO5. The first kappa shape index (κ1) is 23.5. The van der Waals surface area contributed by atoms with Gasteiger partial charge in [-0.15, -0.1) is 0 Å². The molecule has 0 saturated heterocycles. The molecule has 0 fully saturated rings. The van der Waals surface area contributed by atoms with Crippen LogP contribution in [0.5, 0.6) is 5.75 Å². The van der Waals surface area contributed by atoms with E-state index in [0.29, 0.717) is 29.6 Å². The number of aromatic hydroxyl groups is 1. The van der Waals surface area contributed by atoms with E-state index in [9.17, 15) is 19.8 Å². The minimum absolute atomic E-state index is 0.0351. The molecule has 0 spiro atoms. The monoisotopic (exact) mass is 437 g/mol. The van der Waals surface area contributed by atoms with E-state index < -0.39 is 17.6 Å². The van der Waals surface area contributed by atoms with Crippen LogP contribution < -0.4 is 10.9 Å².